The van der Waals surface area contributed by atoms with Crippen molar-refractivity contribution in [3.05, 3.63) is 11.3 Å². The molecule has 0 aromatic carbocycles. The molecule has 6 nitrogen and oxygen atoms in total. The fourth-order valence-corrected chi connectivity index (χ4v) is 5.13. The smallest absolute Gasteiger partial charge is 0.376 e. The number of alkyl halides is 3. The van der Waals surface area contributed by atoms with Gasteiger partial charge in [-0.15, -0.1) is 0 Å². The molecular formula is C22H31F3N2O4. The number of ketones is 1. The molecule has 3 rings (SSSR count). The molecule has 0 radical (unpaired) electrons. The highest BCUT2D eigenvalue weighted by molar-refractivity contribution is 6.12. The molecule has 2 fully saturated rings. The Morgan fingerprint density at radius 1 is 1.16 bits per heavy atom. The number of hydrogen-bond donors (Lipinski definition) is 1. The van der Waals surface area contributed by atoms with E-state index < -0.39 is 41.0 Å². The molecular weight excluding hydrogens is 413 g/mol. The number of amides is 2. The predicted octanol–water partition coefficient (Wildman–Crippen LogP) is 3.65. The first-order valence-electron chi connectivity index (χ1n) is 11.1. The number of ether oxygens (including phenoxy) is 1. The monoisotopic (exact) mass is 444 g/mol. The molecule has 0 aromatic rings. The summed E-state index contributed by atoms with van der Waals surface area (Å²) >= 11 is 0. The molecule has 0 unspecified atom stereocenters. The van der Waals surface area contributed by atoms with Gasteiger partial charge in [0.25, 0.3) is 5.91 Å². The Morgan fingerprint density at radius 3 is 2.39 bits per heavy atom. The second kappa shape index (κ2) is 9.30. The van der Waals surface area contributed by atoms with E-state index >= 15 is 0 Å². The summed E-state index contributed by atoms with van der Waals surface area (Å²) in [7, 11) is 0. The minimum Gasteiger partial charge on any atom is -0.376 e. The van der Waals surface area contributed by atoms with Crippen molar-refractivity contribution in [1.29, 1.82) is 0 Å². The molecule has 9 heteroatoms. The van der Waals surface area contributed by atoms with Gasteiger partial charge in [0.05, 0.1) is 18.2 Å². The van der Waals surface area contributed by atoms with Crippen LogP contribution in [0.4, 0.5) is 13.2 Å². The zero-order valence-corrected chi connectivity index (χ0v) is 18.1. The minimum absolute atomic E-state index is 0.0714. The number of nitrogens with zero attached hydrogens (tertiary/aromatic N) is 1. The van der Waals surface area contributed by atoms with Crippen LogP contribution in [0.5, 0.6) is 0 Å². The van der Waals surface area contributed by atoms with Crippen LogP contribution in [0.25, 0.3) is 0 Å². The lowest BCUT2D eigenvalue weighted by molar-refractivity contribution is -0.195. The first kappa shape index (κ1) is 23.8. The van der Waals surface area contributed by atoms with E-state index in [2.05, 4.69) is 0 Å². The topological polar surface area (TPSA) is 75.7 Å². The third kappa shape index (κ3) is 4.66. The van der Waals surface area contributed by atoms with E-state index in [1.807, 2.05) is 5.32 Å². The van der Waals surface area contributed by atoms with Crippen molar-refractivity contribution in [2.75, 3.05) is 13.2 Å². The van der Waals surface area contributed by atoms with Crippen molar-refractivity contribution in [2.45, 2.75) is 89.5 Å². The van der Waals surface area contributed by atoms with Crippen molar-refractivity contribution in [2.24, 2.45) is 5.92 Å². The molecule has 3 aliphatic rings. The second-order valence-electron chi connectivity index (χ2n) is 8.91. The zero-order chi connectivity index (χ0) is 22.8. The molecule has 2 amide bonds. The first-order valence-corrected chi connectivity index (χ1v) is 11.1. The number of nitrogens with one attached hydrogen (secondary N) is 1. The van der Waals surface area contributed by atoms with E-state index in [1.165, 1.54) is 6.92 Å². The van der Waals surface area contributed by atoms with Crippen molar-refractivity contribution < 1.29 is 32.3 Å². The number of Topliss-reactive ketones (excluding diaryl/α,β-unsaturated/α-hetero) is 1. The highest BCUT2D eigenvalue weighted by atomic mass is 19.4. The Kier molecular flexibility index (Phi) is 7.13. The van der Waals surface area contributed by atoms with Gasteiger partial charge in [-0.05, 0) is 39.0 Å². The molecule has 2 aliphatic heterocycles. The standard InChI is InChI=1S/C22H31F3N2O4/c1-14-19(15(2)28)21(22(23,24)25,20(30)27(14)13-17-9-6-12-31-17)26-18(29)11-10-16-7-4-3-5-8-16/h16-17H,3-13H2,1-2H3,(H,26,29)/t17-,21+/m1/s1. The van der Waals surface area contributed by atoms with Crippen LogP contribution in [0.15, 0.2) is 11.3 Å². The number of carbonyl (C=O) groups is 3. The Hall–Kier alpha value is -1.90. The van der Waals surface area contributed by atoms with Gasteiger partial charge in [0.15, 0.2) is 5.78 Å². The second-order valence-corrected chi connectivity index (χ2v) is 8.91. The molecule has 2 atom stereocenters. The summed E-state index contributed by atoms with van der Waals surface area (Å²) in [6, 6.07) is 0. The lowest BCUT2D eigenvalue weighted by Gasteiger charge is -2.33. The average molecular weight is 444 g/mol. The zero-order valence-electron chi connectivity index (χ0n) is 18.1. The summed E-state index contributed by atoms with van der Waals surface area (Å²) < 4.78 is 48.7. The van der Waals surface area contributed by atoms with Gasteiger partial charge in [0, 0.05) is 18.7 Å². The van der Waals surface area contributed by atoms with Gasteiger partial charge < -0.3 is 15.0 Å². The van der Waals surface area contributed by atoms with E-state index in [0.717, 1.165) is 50.3 Å². The highest BCUT2D eigenvalue weighted by Crippen LogP contribution is 2.45. The van der Waals surface area contributed by atoms with Crippen LogP contribution >= 0.6 is 0 Å². The summed E-state index contributed by atoms with van der Waals surface area (Å²) in [4.78, 5) is 39.1. The molecule has 0 aromatic heterocycles. The van der Waals surface area contributed by atoms with Crippen LogP contribution in [0.1, 0.15) is 71.6 Å². The van der Waals surface area contributed by atoms with Gasteiger partial charge in [0.1, 0.15) is 0 Å². The van der Waals surface area contributed by atoms with E-state index in [0.29, 0.717) is 25.4 Å². The lowest BCUT2D eigenvalue weighted by Crippen LogP contribution is -2.66. The van der Waals surface area contributed by atoms with Crippen molar-refractivity contribution in [1.82, 2.24) is 10.2 Å². The van der Waals surface area contributed by atoms with E-state index in [-0.39, 0.29) is 18.7 Å². The van der Waals surface area contributed by atoms with Gasteiger partial charge in [-0.1, -0.05) is 32.1 Å². The maximum Gasteiger partial charge on any atom is 0.425 e. The van der Waals surface area contributed by atoms with Crippen LogP contribution in [-0.2, 0) is 19.1 Å². The van der Waals surface area contributed by atoms with Crippen molar-refractivity contribution in [3.63, 3.8) is 0 Å². The van der Waals surface area contributed by atoms with Gasteiger partial charge in [-0.2, -0.15) is 13.2 Å². The SMILES string of the molecule is CC(=O)C1=C(C)N(C[C@H]2CCCO2)C(=O)[C@]1(NC(=O)CCC1CCCCC1)C(F)(F)F. The number of allylic oxidation sites excluding steroid dienone is 1. The highest BCUT2D eigenvalue weighted by Gasteiger charge is 2.69. The Labute approximate surface area is 180 Å². The fraction of sp³-hybridized carbons (Fsp3) is 0.773. The number of carbonyl (C=O) groups excluding carboxylic acids is 3. The molecule has 0 spiro atoms. The molecule has 1 N–H and O–H groups in total. The number of hydrogen-bond acceptors (Lipinski definition) is 4. The van der Waals surface area contributed by atoms with Crippen LogP contribution in [0, 0.1) is 5.92 Å². The quantitative estimate of drug-likeness (QED) is 0.651. The van der Waals surface area contributed by atoms with E-state index in [4.69, 9.17) is 4.74 Å². The third-order valence-electron chi connectivity index (χ3n) is 6.73. The van der Waals surface area contributed by atoms with Gasteiger partial charge in [-0.25, -0.2) is 0 Å². The van der Waals surface area contributed by atoms with Crippen LogP contribution in [0.2, 0.25) is 0 Å². The lowest BCUT2D eigenvalue weighted by atomic mass is 9.85. The first-order chi connectivity index (χ1) is 14.6. The van der Waals surface area contributed by atoms with Crippen molar-refractivity contribution in [3.8, 4) is 0 Å². The van der Waals surface area contributed by atoms with Crippen LogP contribution < -0.4 is 5.32 Å². The van der Waals surface area contributed by atoms with Crippen LogP contribution in [-0.4, -0.2) is 53.5 Å². The minimum atomic E-state index is -5.15. The van der Waals surface area contributed by atoms with E-state index in [9.17, 15) is 27.6 Å². The predicted molar refractivity (Wildman–Crippen MR) is 107 cm³/mol. The van der Waals surface area contributed by atoms with E-state index in [1.54, 1.807) is 0 Å². The molecule has 1 aliphatic carbocycles. The van der Waals surface area contributed by atoms with Crippen LogP contribution in [0.3, 0.4) is 0 Å². The molecule has 31 heavy (non-hydrogen) atoms. The summed E-state index contributed by atoms with van der Waals surface area (Å²) in [5.74, 6) is -2.77. The summed E-state index contributed by atoms with van der Waals surface area (Å²) in [5.41, 5.74) is -4.11. The number of rotatable bonds is 7. The molecule has 0 bridgehead atoms. The summed E-state index contributed by atoms with van der Waals surface area (Å²) in [5, 5.41) is 1.96. The average Bonchev–Trinajstić information content (AvgIpc) is 3.28. The molecule has 2 heterocycles. The van der Waals surface area contributed by atoms with Crippen molar-refractivity contribution >= 4 is 17.6 Å². The maximum absolute atomic E-state index is 14.4. The maximum atomic E-state index is 14.4. The van der Waals surface area contributed by atoms with Gasteiger partial charge in [-0.3, -0.25) is 14.4 Å². The largest absolute Gasteiger partial charge is 0.425 e. The molecule has 1 saturated carbocycles. The Balaban J connectivity index is 1.85. The van der Waals surface area contributed by atoms with Gasteiger partial charge >= 0.3 is 6.18 Å². The number of halogens is 3. The summed E-state index contributed by atoms with van der Waals surface area (Å²) in [6.07, 6.45) is 1.40. The fourth-order valence-electron chi connectivity index (χ4n) is 5.13. The third-order valence-corrected chi connectivity index (χ3v) is 6.73. The molecule has 174 valence electrons. The van der Waals surface area contributed by atoms with Gasteiger partial charge in [0.2, 0.25) is 11.4 Å². The normalized spacial score (nSPS) is 27.8. The molecule has 1 saturated heterocycles. The Bertz CT molecular complexity index is 752. The Morgan fingerprint density at radius 2 is 1.84 bits per heavy atom. The summed E-state index contributed by atoms with van der Waals surface area (Å²) in [6.45, 7) is 2.73.